The zero-order chi connectivity index (χ0) is 20.4. The second-order valence-electron chi connectivity index (χ2n) is 7.00. The fraction of sp³-hybridized carbons (Fsp3) is 0.300. The molecule has 0 saturated carbocycles. The second-order valence-corrected chi connectivity index (χ2v) is 8.93. The summed E-state index contributed by atoms with van der Waals surface area (Å²) in [4.78, 5) is 18.3. The van der Waals surface area contributed by atoms with E-state index in [4.69, 9.17) is 4.74 Å². The van der Waals surface area contributed by atoms with E-state index in [2.05, 4.69) is 10.3 Å². The number of rotatable bonds is 5. The summed E-state index contributed by atoms with van der Waals surface area (Å²) in [5.41, 5.74) is 2.88. The minimum absolute atomic E-state index is 0.174. The Balaban J connectivity index is 1.34. The molecule has 9 heteroatoms. The highest BCUT2D eigenvalue weighted by Gasteiger charge is 2.37. The number of nitrogens with zero attached hydrogens (tertiary/aromatic N) is 3. The molecule has 0 saturated heterocycles. The van der Waals surface area contributed by atoms with Gasteiger partial charge < -0.3 is 15.0 Å². The monoisotopic (exact) mass is 414 g/mol. The lowest BCUT2D eigenvalue weighted by Gasteiger charge is -2.23. The number of benzene rings is 1. The number of aromatic nitrogens is 1. The molecular formula is C20H22N4O4S. The summed E-state index contributed by atoms with van der Waals surface area (Å²) in [7, 11) is -1.98. The highest BCUT2D eigenvalue weighted by molar-refractivity contribution is 7.89. The zero-order valence-electron chi connectivity index (χ0n) is 16.0. The molecule has 4 rings (SSSR count). The number of hydrogen-bond donors (Lipinski definition) is 1. The SMILES string of the molecule is COc1ccccc1CNC(=O)N1CC2=C(C1)CN(S(=O)(=O)c1cccnc1)C2. The van der Waals surface area contributed by atoms with Crippen molar-refractivity contribution in [1.29, 1.82) is 0 Å². The lowest BCUT2D eigenvalue weighted by molar-refractivity contribution is 0.207. The first-order valence-electron chi connectivity index (χ1n) is 9.23. The summed E-state index contributed by atoms with van der Waals surface area (Å²) in [5, 5.41) is 2.91. The largest absolute Gasteiger partial charge is 0.496 e. The molecule has 0 aliphatic carbocycles. The van der Waals surface area contributed by atoms with Crippen molar-refractivity contribution < 1.29 is 17.9 Å². The Hall–Kier alpha value is -2.91. The molecule has 29 heavy (non-hydrogen) atoms. The molecule has 1 aromatic heterocycles. The van der Waals surface area contributed by atoms with Crippen LogP contribution in [-0.4, -0.2) is 61.9 Å². The third-order valence-electron chi connectivity index (χ3n) is 5.18. The van der Waals surface area contributed by atoms with Gasteiger partial charge in [-0.1, -0.05) is 18.2 Å². The van der Waals surface area contributed by atoms with Crippen LogP contribution >= 0.6 is 0 Å². The molecule has 152 valence electrons. The molecule has 0 unspecified atom stereocenters. The van der Waals surface area contributed by atoms with Crippen LogP contribution in [0.4, 0.5) is 4.79 Å². The van der Waals surface area contributed by atoms with Crippen LogP contribution in [0.15, 0.2) is 64.8 Å². The van der Waals surface area contributed by atoms with E-state index >= 15 is 0 Å². The van der Waals surface area contributed by atoms with E-state index in [1.165, 1.54) is 10.5 Å². The number of urea groups is 1. The van der Waals surface area contributed by atoms with Crippen LogP contribution in [0.1, 0.15) is 5.56 Å². The van der Waals surface area contributed by atoms with Gasteiger partial charge in [-0.05, 0) is 29.3 Å². The molecule has 2 amide bonds. The molecule has 0 fully saturated rings. The van der Waals surface area contributed by atoms with E-state index in [1.807, 2.05) is 24.3 Å². The molecule has 1 N–H and O–H groups in total. The summed E-state index contributed by atoms with van der Waals surface area (Å²) in [6, 6.07) is 10.5. The molecule has 0 radical (unpaired) electrons. The number of ether oxygens (including phenoxy) is 1. The fourth-order valence-corrected chi connectivity index (χ4v) is 5.03. The smallest absolute Gasteiger partial charge is 0.318 e. The Bertz CT molecular complexity index is 1040. The average molecular weight is 414 g/mol. The third-order valence-corrected chi connectivity index (χ3v) is 6.96. The van der Waals surface area contributed by atoms with Gasteiger partial charge in [-0.2, -0.15) is 4.31 Å². The van der Waals surface area contributed by atoms with Crippen molar-refractivity contribution in [2.75, 3.05) is 33.3 Å². The first kappa shape index (κ1) is 19.4. The number of sulfonamides is 1. The Kier molecular flexibility index (Phi) is 5.25. The summed E-state index contributed by atoms with van der Waals surface area (Å²) in [6.45, 7) is 1.86. The van der Waals surface area contributed by atoms with Gasteiger partial charge in [-0.25, -0.2) is 13.2 Å². The Morgan fingerprint density at radius 1 is 1.10 bits per heavy atom. The topological polar surface area (TPSA) is 91.8 Å². The van der Waals surface area contributed by atoms with Crippen molar-refractivity contribution >= 4 is 16.1 Å². The Labute approximate surface area is 169 Å². The van der Waals surface area contributed by atoms with Gasteiger partial charge in [0.1, 0.15) is 10.6 Å². The molecule has 2 aliphatic rings. The van der Waals surface area contributed by atoms with E-state index in [1.54, 1.807) is 30.3 Å². The van der Waals surface area contributed by atoms with Gasteiger partial charge in [-0.3, -0.25) is 4.98 Å². The van der Waals surface area contributed by atoms with E-state index in [9.17, 15) is 13.2 Å². The van der Waals surface area contributed by atoms with Crippen LogP contribution in [0.2, 0.25) is 0 Å². The minimum atomic E-state index is -3.58. The number of carbonyl (C=O) groups excluding carboxylic acids is 1. The van der Waals surface area contributed by atoms with Gasteiger partial charge in [0.05, 0.1) is 7.11 Å². The second kappa shape index (κ2) is 7.84. The van der Waals surface area contributed by atoms with Crippen molar-refractivity contribution in [1.82, 2.24) is 19.5 Å². The van der Waals surface area contributed by atoms with Crippen molar-refractivity contribution in [3.05, 3.63) is 65.5 Å². The highest BCUT2D eigenvalue weighted by Crippen LogP contribution is 2.29. The van der Waals surface area contributed by atoms with Crippen molar-refractivity contribution in [2.45, 2.75) is 11.4 Å². The van der Waals surface area contributed by atoms with E-state index in [0.717, 1.165) is 22.5 Å². The number of amides is 2. The van der Waals surface area contributed by atoms with Crippen molar-refractivity contribution in [3.63, 3.8) is 0 Å². The number of nitrogens with one attached hydrogen (secondary N) is 1. The predicted molar refractivity (Wildman–Crippen MR) is 107 cm³/mol. The van der Waals surface area contributed by atoms with Gasteiger partial charge in [0.15, 0.2) is 0 Å². The molecule has 0 bridgehead atoms. The van der Waals surface area contributed by atoms with Crippen LogP contribution < -0.4 is 10.1 Å². The van der Waals surface area contributed by atoms with E-state index in [0.29, 0.717) is 32.7 Å². The third kappa shape index (κ3) is 3.83. The predicted octanol–water partition coefficient (Wildman–Crippen LogP) is 1.62. The fourth-order valence-electron chi connectivity index (χ4n) is 3.64. The lowest BCUT2D eigenvalue weighted by atomic mass is 10.2. The number of methoxy groups -OCH3 is 1. The van der Waals surface area contributed by atoms with Crippen molar-refractivity contribution in [2.24, 2.45) is 0 Å². The van der Waals surface area contributed by atoms with Crippen LogP contribution in [0.5, 0.6) is 5.75 Å². The molecule has 1 aromatic carbocycles. The molecule has 2 aromatic rings. The molecule has 8 nitrogen and oxygen atoms in total. The van der Waals surface area contributed by atoms with Gasteiger partial charge >= 0.3 is 6.03 Å². The number of para-hydroxylation sites is 1. The standard InChI is InChI=1S/C20H22N4O4S/c1-28-19-7-3-2-5-15(19)9-22-20(25)23-11-16-13-24(14-17(16)12-23)29(26,27)18-6-4-8-21-10-18/h2-8,10H,9,11-14H2,1H3,(H,22,25). The van der Waals surface area contributed by atoms with Crippen molar-refractivity contribution in [3.8, 4) is 5.75 Å². The number of pyridine rings is 1. The Morgan fingerprint density at radius 2 is 1.83 bits per heavy atom. The number of carbonyl (C=O) groups is 1. The maximum Gasteiger partial charge on any atom is 0.318 e. The van der Waals surface area contributed by atoms with E-state index < -0.39 is 10.0 Å². The summed E-state index contributed by atoms with van der Waals surface area (Å²) < 4.78 is 32.3. The summed E-state index contributed by atoms with van der Waals surface area (Å²) in [6.07, 6.45) is 2.90. The average Bonchev–Trinajstić information content (AvgIpc) is 3.33. The lowest BCUT2D eigenvalue weighted by Crippen LogP contribution is -2.41. The van der Waals surface area contributed by atoms with Gasteiger partial charge in [0.25, 0.3) is 0 Å². The summed E-state index contributed by atoms with van der Waals surface area (Å²) >= 11 is 0. The normalized spacial score (nSPS) is 16.8. The molecule has 3 heterocycles. The molecular weight excluding hydrogens is 392 g/mol. The zero-order valence-corrected chi connectivity index (χ0v) is 16.9. The van der Waals surface area contributed by atoms with Crippen LogP contribution in [0.25, 0.3) is 0 Å². The summed E-state index contributed by atoms with van der Waals surface area (Å²) in [5.74, 6) is 0.728. The number of hydrogen-bond acceptors (Lipinski definition) is 5. The van der Waals surface area contributed by atoms with Crippen LogP contribution in [-0.2, 0) is 16.6 Å². The van der Waals surface area contributed by atoms with Gasteiger partial charge in [0.2, 0.25) is 10.0 Å². The molecule has 0 spiro atoms. The van der Waals surface area contributed by atoms with Crippen LogP contribution in [0, 0.1) is 0 Å². The maximum absolute atomic E-state index is 12.8. The Morgan fingerprint density at radius 3 is 2.48 bits per heavy atom. The quantitative estimate of drug-likeness (QED) is 0.751. The highest BCUT2D eigenvalue weighted by atomic mass is 32.2. The first-order chi connectivity index (χ1) is 14.0. The van der Waals surface area contributed by atoms with Gasteiger partial charge in [-0.15, -0.1) is 0 Å². The van der Waals surface area contributed by atoms with Gasteiger partial charge in [0, 0.05) is 50.7 Å². The maximum atomic E-state index is 12.8. The molecule has 2 aliphatic heterocycles. The minimum Gasteiger partial charge on any atom is -0.496 e. The first-order valence-corrected chi connectivity index (χ1v) is 10.7. The molecule has 0 atom stereocenters. The van der Waals surface area contributed by atoms with Crippen LogP contribution in [0.3, 0.4) is 0 Å². The van der Waals surface area contributed by atoms with E-state index in [-0.39, 0.29) is 10.9 Å².